The fraction of sp³-hybridized carbons (Fsp3) is 0.533. The van der Waals surface area contributed by atoms with Crippen LogP contribution in [0.15, 0.2) is 36.4 Å². The second-order valence-electron chi connectivity index (χ2n) is 11.2. The Morgan fingerprint density at radius 2 is 1.60 bits per heavy atom. The van der Waals surface area contributed by atoms with Crippen LogP contribution in [0, 0.1) is 32.7 Å². The molecule has 2 aromatic rings. The zero-order valence-electron chi connectivity index (χ0n) is 22.4. The van der Waals surface area contributed by atoms with Gasteiger partial charge in [-0.05, 0) is 45.7 Å². The number of benzene rings is 2. The first-order valence-corrected chi connectivity index (χ1v) is 18.2. The summed E-state index contributed by atoms with van der Waals surface area (Å²) in [7, 11) is 11.6. The summed E-state index contributed by atoms with van der Waals surface area (Å²) in [6.45, 7) is 18.2. The zero-order chi connectivity index (χ0) is 25.8. The molecule has 0 aromatic heterocycles. The molecule has 1 spiro atoms. The summed E-state index contributed by atoms with van der Waals surface area (Å²) in [6, 6.07) is 12.4. The third-order valence-corrected chi connectivity index (χ3v) is 8.87. The van der Waals surface area contributed by atoms with Crippen LogP contribution in [0.3, 0.4) is 0 Å². The standard InChI is InChI=1S/C20H30N.C10H12O.2ClH.Ru/c1-15-11-16(2)18(17(3)12-15)21-14-20(13-19(21,4)5)9-7-6-8-10-20;1-8(2)11-10-7-5-4-6-9(10)3;;;/h11-12,14H,6-10,13H2,1-5H3;3-8H,1-2H3;2*1H;/q-1;;;;+2/p-2. The van der Waals surface area contributed by atoms with Crippen LogP contribution in [-0.2, 0) is 13.5 Å². The number of aryl methyl sites for hydroxylation is 3. The average molecular weight is 605 g/mol. The van der Waals surface area contributed by atoms with Crippen LogP contribution >= 0.6 is 19.4 Å². The number of ether oxygens (including phenoxy) is 1. The minimum Gasteiger partial charge on any atom is -0.517 e. The van der Waals surface area contributed by atoms with Crippen LogP contribution < -0.4 is 9.64 Å². The number of halogens is 2. The third-order valence-electron chi connectivity index (χ3n) is 7.03. The predicted molar refractivity (Wildman–Crippen MR) is 151 cm³/mol. The van der Waals surface area contributed by atoms with E-state index < -0.39 is 13.5 Å². The van der Waals surface area contributed by atoms with Crippen LogP contribution in [0.2, 0.25) is 0 Å². The van der Waals surface area contributed by atoms with Crippen molar-refractivity contribution in [1.82, 2.24) is 0 Å². The Morgan fingerprint density at radius 1 is 1.00 bits per heavy atom. The van der Waals surface area contributed by atoms with E-state index in [4.69, 9.17) is 24.1 Å². The van der Waals surface area contributed by atoms with Crippen LogP contribution in [0.5, 0.6) is 5.75 Å². The molecule has 196 valence electrons. The van der Waals surface area contributed by atoms with Crippen molar-refractivity contribution in [2.45, 2.75) is 98.6 Å². The molecule has 0 N–H and O–H groups in total. The first kappa shape index (κ1) is 28.7. The van der Waals surface area contributed by atoms with Crippen molar-refractivity contribution in [2.75, 3.05) is 4.90 Å². The molecule has 2 nitrogen and oxygen atoms in total. The number of para-hydroxylation sites is 1. The van der Waals surface area contributed by atoms with Crippen molar-refractivity contribution in [3.63, 3.8) is 0 Å². The van der Waals surface area contributed by atoms with Crippen molar-refractivity contribution >= 4 is 29.7 Å². The van der Waals surface area contributed by atoms with Gasteiger partial charge >= 0.3 is 97.8 Å². The number of nitrogens with zero attached hydrogens (tertiary/aromatic N) is 1. The number of rotatable bonds is 4. The van der Waals surface area contributed by atoms with Gasteiger partial charge < -0.3 is 4.90 Å². The number of anilines is 1. The average Bonchev–Trinajstić information content (AvgIpc) is 2.98. The SMILES string of the molecule is CC(C)Oc1ccccc1[CH]=[Ru]([Cl])[Cl].Cc1cc(C)c(N2[CH-]C3(CCCCC3)CC2(C)C)c(C)c1. The van der Waals surface area contributed by atoms with Gasteiger partial charge in [0.15, 0.2) is 0 Å². The van der Waals surface area contributed by atoms with Gasteiger partial charge in [0.2, 0.25) is 0 Å². The van der Waals surface area contributed by atoms with E-state index >= 15 is 0 Å². The van der Waals surface area contributed by atoms with Crippen molar-refractivity contribution in [3.05, 3.63) is 65.2 Å². The molecule has 0 unspecified atom stereocenters. The maximum Gasteiger partial charge on any atom is 0.0134 e. The maximum absolute atomic E-state index is 5.82. The molecule has 2 fully saturated rings. The summed E-state index contributed by atoms with van der Waals surface area (Å²) in [5.74, 6) is 0.850. The van der Waals surface area contributed by atoms with Crippen LogP contribution in [-0.4, -0.2) is 16.3 Å². The van der Waals surface area contributed by atoms with Crippen LogP contribution in [0.4, 0.5) is 5.69 Å². The van der Waals surface area contributed by atoms with Crippen molar-refractivity contribution in [3.8, 4) is 5.75 Å². The summed E-state index contributed by atoms with van der Waals surface area (Å²) in [5.41, 5.74) is 7.36. The van der Waals surface area contributed by atoms with Gasteiger partial charge in [-0.15, -0.1) is 5.41 Å². The van der Waals surface area contributed by atoms with E-state index in [0.717, 1.165) is 11.3 Å². The molecule has 1 heterocycles. The van der Waals surface area contributed by atoms with Gasteiger partial charge in [-0.25, -0.2) is 6.54 Å². The molecule has 2 aliphatic rings. The molecule has 35 heavy (non-hydrogen) atoms. The topological polar surface area (TPSA) is 12.5 Å². The fourth-order valence-corrected chi connectivity index (χ4v) is 7.74. The van der Waals surface area contributed by atoms with E-state index in [1.165, 1.54) is 60.9 Å². The van der Waals surface area contributed by atoms with E-state index in [9.17, 15) is 0 Å². The van der Waals surface area contributed by atoms with E-state index in [1.54, 1.807) is 0 Å². The summed E-state index contributed by atoms with van der Waals surface area (Å²) in [4.78, 5) is 2.61. The smallest absolute Gasteiger partial charge is 0.0134 e. The van der Waals surface area contributed by atoms with Gasteiger partial charge in [0.1, 0.15) is 0 Å². The minimum absolute atomic E-state index is 0.163. The molecule has 0 radical (unpaired) electrons. The third kappa shape index (κ3) is 7.56. The Bertz CT molecular complexity index is 1010. The molecule has 0 bridgehead atoms. The van der Waals surface area contributed by atoms with Gasteiger partial charge in [-0.2, -0.15) is 0 Å². The van der Waals surface area contributed by atoms with Gasteiger partial charge in [0.25, 0.3) is 0 Å². The zero-order valence-corrected chi connectivity index (χ0v) is 25.7. The number of hydrogen-bond acceptors (Lipinski definition) is 2. The monoisotopic (exact) mass is 604 g/mol. The maximum atomic E-state index is 5.82. The summed E-state index contributed by atoms with van der Waals surface area (Å²) in [6.07, 6.45) is 8.49. The predicted octanol–water partition coefficient (Wildman–Crippen LogP) is 9.26. The molecular formula is C30H42Cl2NORu-. The molecular weight excluding hydrogens is 562 g/mol. The van der Waals surface area contributed by atoms with E-state index in [-0.39, 0.29) is 11.6 Å². The molecule has 2 aromatic carbocycles. The van der Waals surface area contributed by atoms with Crippen molar-refractivity contribution in [1.29, 1.82) is 0 Å². The van der Waals surface area contributed by atoms with Gasteiger partial charge in [-0.3, -0.25) is 0 Å². The molecule has 5 heteroatoms. The fourth-order valence-electron chi connectivity index (χ4n) is 5.93. The Hall–Kier alpha value is -0.887. The number of hydrogen-bond donors (Lipinski definition) is 0. The van der Waals surface area contributed by atoms with Gasteiger partial charge in [0, 0.05) is 11.2 Å². The normalized spacial score (nSPS) is 18.8. The van der Waals surface area contributed by atoms with Crippen LogP contribution in [0.1, 0.15) is 88.5 Å². The largest absolute Gasteiger partial charge is 0.517 e. The van der Waals surface area contributed by atoms with Crippen LogP contribution in [0.25, 0.3) is 0 Å². The minimum atomic E-state index is -1.77. The quantitative estimate of drug-likeness (QED) is 0.255. The molecule has 0 amide bonds. The first-order valence-electron chi connectivity index (χ1n) is 12.7. The molecule has 0 atom stereocenters. The molecule has 4 rings (SSSR count). The van der Waals surface area contributed by atoms with E-state index in [1.807, 2.05) is 42.7 Å². The molecule has 1 aliphatic carbocycles. The van der Waals surface area contributed by atoms with Crippen molar-refractivity contribution < 1.29 is 18.3 Å². The molecule has 1 saturated carbocycles. The molecule has 1 aliphatic heterocycles. The first-order chi connectivity index (χ1) is 16.4. The summed E-state index contributed by atoms with van der Waals surface area (Å²) < 4.78 is 7.51. The van der Waals surface area contributed by atoms with Gasteiger partial charge in [0.05, 0.1) is 0 Å². The Balaban J connectivity index is 0.000000214. The summed E-state index contributed by atoms with van der Waals surface area (Å²) in [5, 5.41) is 0. The summed E-state index contributed by atoms with van der Waals surface area (Å²) >= 11 is -1.77. The van der Waals surface area contributed by atoms with Crippen molar-refractivity contribution in [2.24, 2.45) is 5.41 Å². The molecule has 1 saturated heterocycles. The van der Waals surface area contributed by atoms with E-state index in [0.29, 0.717) is 5.41 Å². The second-order valence-corrected chi connectivity index (χ2v) is 16.9. The Morgan fingerprint density at radius 3 is 2.17 bits per heavy atom. The van der Waals surface area contributed by atoms with E-state index in [2.05, 4.69) is 58.2 Å². The Kier molecular flexibility index (Phi) is 9.92. The Labute approximate surface area is 226 Å². The second kappa shape index (κ2) is 12.1. The van der Waals surface area contributed by atoms with Gasteiger partial charge in [-0.1, -0.05) is 56.2 Å².